The summed E-state index contributed by atoms with van der Waals surface area (Å²) in [5.41, 5.74) is 3.74. The van der Waals surface area contributed by atoms with E-state index in [0.717, 1.165) is 50.0 Å². The van der Waals surface area contributed by atoms with Crippen molar-refractivity contribution in [1.82, 2.24) is 0 Å². The second-order valence-corrected chi connectivity index (χ2v) is 8.10. The lowest BCUT2D eigenvalue weighted by Gasteiger charge is -2.19. The number of hydrogen-bond acceptors (Lipinski definition) is 4. The zero-order valence-electron chi connectivity index (χ0n) is 17.6. The Hall–Kier alpha value is -2.46. The molecule has 0 N–H and O–H groups in total. The summed E-state index contributed by atoms with van der Waals surface area (Å²) >= 11 is 1.82. The van der Waals surface area contributed by atoms with Crippen molar-refractivity contribution >= 4 is 11.3 Å². The van der Waals surface area contributed by atoms with Gasteiger partial charge in [-0.15, -0.1) is 11.3 Å². The molecule has 0 bridgehead atoms. The summed E-state index contributed by atoms with van der Waals surface area (Å²) in [5, 5.41) is 2.14. The number of thiophene rings is 1. The van der Waals surface area contributed by atoms with E-state index in [4.69, 9.17) is 14.2 Å². The molecule has 1 heterocycles. The molecular weight excluding hydrogens is 380 g/mol. The van der Waals surface area contributed by atoms with Crippen LogP contribution in [0.5, 0.6) is 17.2 Å². The fourth-order valence-electron chi connectivity index (χ4n) is 3.78. The molecule has 0 unspecified atom stereocenters. The molecule has 29 heavy (non-hydrogen) atoms. The highest BCUT2D eigenvalue weighted by molar-refractivity contribution is 7.09. The molecule has 0 aliphatic rings. The van der Waals surface area contributed by atoms with E-state index in [-0.39, 0.29) is 0 Å². The minimum absolute atomic E-state index is 0.707. The summed E-state index contributed by atoms with van der Waals surface area (Å²) in [6.45, 7) is 0. The van der Waals surface area contributed by atoms with Crippen molar-refractivity contribution in [3.05, 3.63) is 75.5 Å². The minimum atomic E-state index is 0.707. The number of methoxy groups -OCH3 is 3. The highest BCUT2D eigenvalue weighted by Crippen LogP contribution is 2.43. The Morgan fingerprint density at radius 3 is 1.83 bits per heavy atom. The molecule has 0 radical (unpaired) electrons. The van der Waals surface area contributed by atoms with E-state index in [9.17, 15) is 0 Å². The monoisotopic (exact) mass is 410 g/mol. The normalized spacial score (nSPS) is 10.7. The van der Waals surface area contributed by atoms with Crippen molar-refractivity contribution in [2.75, 3.05) is 21.3 Å². The number of rotatable bonds is 11. The number of aryl methyl sites for hydroxylation is 4. The predicted octanol–water partition coefficient (Wildman–Crippen LogP) is 6.12. The molecule has 0 amide bonds. The van der Waals surface area contributed by atoms with Gasteiger partial charge in [-0.2, -0.15) is 0 Å². The number of benzene rings is 2. The average molecular weight is 411 g/mol. The molecule has 4 heteroatoms. The molecule has 154 valence electrons. The van der Waals surface area contributed by atoms with Crippen molar-refractivity contribution in [3.8, 4) is 17.2 Å². The lowest BCUT2D eigenvalue weighted by molar-refractivity contribution is 0.319. The molecule has 3 aromatic rings. The van der Waals surface area contributed by atoms with Crippen molar-refractivity contribution in [3.63, 3.8) is 0 Å². The smallest absolute Gasteiger partial charge is 0.203 e. The third-order valence-electron chi connectivity index (χ3n) is 5.16. The van der Waals surface area contributed by atoms with Crippen LogP contribution in [0.4, 0.5) is 0 Å². The predicted molar refractivity (Wildman–Crippen MR) is 121 cm³/mol. The lowest BCUT2D eigenvalue weighted by Crippen LogP contribution is -2.04. The van der Waals surface area contributed by atoms with Crippen LogP contribution in [0.3, 0.4) is 0 Å². The summed E-state index contributed by atoms with van der Waals surface area (Å²) in [5.74, 6) is 2.29. The van der Waals surface area contributed by atoms with Gasteiger partial charge >= 0.3 is 0 Å². The Labute approximate surface area is 178 Å². The first-order valence-corrected chi connectivity index (χ1v) is 11.0. The third-order valence-corrected chi connectivity index (χ3v) is 6.10. The molecule has 0 spiro atoms. The maximum absolute atomic E-state index is 5.73. The van der Waals surface area contributed by atoms with Crippen LogP contribution in [-0.4, -0.2) is 21.3 Å². The highest BCUT2D eigenvalue weighted by Gasteiger charge is 2.20. The number of ether oxygens (including phenoxy) is 3. The molecule has 1 aromatic heterocycles. The minimum Gasteiger partial charge on any atom is -0.492 e. The Bertz CT molecular complexity index is 873. The van der Waals surface area contributed by atoms with Crippen LogP contribution in [0.2, 0.25) is 0 Å². The molecule has 3 rings (SSSR count). The average Bonchev–Trinajstić information content (AvgIpc) is 3.27. The summed E-state index contributed by atoms with van der Waals surface area (Å²) in [4.78, 5) is 1.42. The molecule has 0 saturated carbocycles. The van der Waals surface area contributed by atoms with E-state index < -0.39 is 0 Å². The van der Waals surface area contributed by atoms with Crippen LogP contribution >= 0.6 is 11.3 Å². The zero-order valence-corrected chi connectivity index (χ0v) is 18.4. The van der Waals surface area contributed by atoms with Crippen LogP contribution in [0.25, 0.3) is 0 Å². The van der Waals surface area contributed by atoms with Crippen LogP contribution in [-0.2, 0) is 25.7 Å². The van der Waals surface area contributed by atoms with E-state index in [1.165, 1.54) is 21.6 Å². The molecule has 0 saturated heterocycles. The third kappa shape index (κ3) is 5.54. The van der Waals surface area contributed by atoms with Crippen molar-refractivity contribution in [2.45, 2.75) is 38.5 Å². The summed E-state index contributed by atoms with van der Waals surface area (Å²) in [6, 6.07) is 17.2. The fourth-order valence-corrected chi connectivity index (χ4v) is 4.53. The van der Waals surface area contributed by atoms with E-state index in [2.05, 4.69) is 53.9 Å². The molecule has 0 atom stereocenters. The first kappa shape index (κ1) is 21.3. The standard InChI is InChI=1S/C25H30O3S/c1-26-23-20(13-7-12-19-10-5-4-6-11-19)18-21(24(27-2)25(23)28-3)14-8-15-22-16-9-17-29-22/h4-6,9-11,16-18H,7-8,12-15H2,1-3H3. The summed E-state index contributed by atoms with van der Waals surface area (Å²) in [6.07, 6.45) is 6.16. The zero-order chi connectivity index (χ0) is 20.5. The largest absolute Gasteiger partial charge is 0.492 e. The van der Waals surface area contributed by atoms with Crippen LogP contribution in [0.1, 0.15) is 34.4 Å². The van der Waals surface area contributed by atoms with Gasteiger partial charge in [0.25, 0.3) is 0 Å². The first-order valence-electron chi connectivity index (χ1n) is 10.1. The Morgan fingerprint density at radius 2 is 1.28 bits per heavy atom. The topological polar surface area (TPSA) is 27.7 Å². The molecular formula is C25H30O3S. The van der Waals surface area contributed by atoms with Crippen LogP contribution < -0.4 is 14.2 Å². The second kappa shape index (κ2) is 10.9. The van der Waals surface area contributed by atoms with Crippen LogP contribution in [0, 0.1) is 0 Å². The molecule has 3 nitrogen and oxygen atoms in total. The van der Waals surface area contributed by atoms with Crippen molar-refractivity contribution in [2.24, 2.45) is 0 Å². The van der Waals surface area contributed by atoms with Gasteiger partial charge in [0, 0.05) is 4.88 Å². The quantitative estimate of drug-likeness (QED) is 0.381. The maximum atomic E-state index is 5.73. The van der Waals surface area contributed by atoms with E-state index in [1.807, 2.05) is 11.3 Å². The van der Waals surface area contributed by atoms with E-state index >= 15 is 0 Å². The first-order chi connectivity index (χ1) is 14.3. The van der Waals surface area contributed by atoms with Gasteiger partial charge in [-0.05, 0) is 72.7 Å². The second-order valence-electron chi connectivity index (χ2n) is 7.07. The Kier molecular flexibility index (Phi) is 8.00. The van der Waals surface area contributed by atoms with Crippen molar-refractivity contribution < 1.29 is 14.2 Å². The van der Waals surface area contributed by atoms with Gasteiger partial charge in [0.2, 0.25) is 5.75 Å². The number of hydrogen-bond donors (Lipinski definition) is 0. The van der Waals surface area contributed by atoms with Gasteiger partial charge in [-0.1, -0.05) is 36.4 Å². The molecule has 2 aromatic carbocycles. The van der Waals surface area contributed by atoms with Gasteiger partial charge in [-0.3, -0.25) is 0 Å². The lowest BCUT2D eigenvalue weighted by atomic mass is 9.97. The van der Waals surface area contributed by atoms with Gasteiger partial charge < -0.3 is 14.2 Å². The van der Waals surface area contributed by atoms with Gasteiger partial charge in [0.1, 0.15) is 0 Å². The van der Waals surface area contributed by atoms with Crippen molar-refractivity contribution in [1.29, 1.82) is 0 Å². The van der Waals surface area contributed by atoms with E-state index in [1.54, 1.807) is 21.3 Å². The summed E-state index contributed by atoms with van der Waals surface area (Å²) in [7, 11) is 5.09. The van der Waals surface area contributed by atoms with Gasteiger partial charge in [-0.25, -0.2) is 0 Å². The molecule has 0 aliphatic carbocycles. The summed E-state index contributed by atoms with van der Waals surface area (Å²) < 4.78 is 17.2. The molecule has 0 aliphatic heterocycles. The van der Waals surface area contributed by atoms with Crippen LogP contribution in [0.15, 0.2) is 53.9 Å². The van der Waals surface area contributed by atoms with Gasteiger partial charge in [0.15, 0.2) is 11.5 Å². The fraction of sp³-hybridized carbons (Fsp3) is 0.360. The van der Waals surface area contributed by atoms with E-state index in [0.29, 0.717) is 5.75 Å². The maximum Gasteiger partial charge on any atom is 0.203 e. The van der Waals surface area contributed by atoms with Gasteiger partial charge in [0.05, 0.1) is 21.3 Å². The molecule has 0 fully saturated rings. The Balaban J connectivity index is 1.77. The SMILES string of the molecule is COc1c(CCCc2ccccc2)cc(CCCc2cccs2)c(OC)c1OC. The highest BCUT2D eigenvalue weighted by atomic mass is 32.1. The Morgan fingerprint density at radius 1 is 0.655 bits per heavy atom.